The first-order chi connectivity index (χ1) is 8.71. The van der Waals surface area contributed by atoms with E-state index in [1.165, 1.54) is 0 Å². The highest BCUT2D eigenvalue weighted by Gasteiger charge is 2.35. The van der Waals surface area contributed by atoms with E-state index in [-0.39, 0.29) is 0 Å². The largest absolute Gasteiger partial charge is 0.377 e. The summed E-state index contributed by atoms with van der Waals surface area (Å²) in [7, 11) is 0. The summed E-state index contributed by atoms with van der Waals surface area (Å²) in [4.78, 5) is 2.63. The molecule has 0 amide bonds. The van der Waals surface area contributed by atoms with Gasteiger partial charge in [-0.1, -0.05) is 34.6 Å². The summed E-state index contributed by atoms with van der Waals surface area (Å²) in [5, 5.41) is 3.72. The van der Waals surface area contributed by atoms with Crippen LogP contribution in [0.2, 0.25) is 0 Å². The third-order valence-electron chi connectivity index (χ3n) is 4.08. The molecule has 1 fully saturated rings. The SMILES string of the molecule is CC(C)OCCN1CC(C(C)C)NCC1C(C)(C)C. The van der Waals surface area contributed by atoms with Crippen molar-refractivity contribution in [3.63, 3.8) is 0 Å². The zero-order chi connectivity index (χ0) is 14.6. The molecule has 0 aliphatic carbocycles. The third kappa shape index (κ3) is 5.41. The first-order valence-corrected chi connectivity index (χ1v) is 7.81. The van der Waals surface area contributed by atoms with Gasteiger partial charge in [0.05, 0.1) is 12.7 Å². The minimum Gasteiger partial charge on any atom is -0.377 e. The molecule has 1 rings (SSSR count). The smallest absolute Gasteiger partial charge is 0.0597 e. The van der Waals surface area contributed by atoms with Gasteiger partial charge >= 0.3 is 0 Å². The van der Waals surface area contributed by atoms with Gasteiger partial charge in [0.25, 0.3) is 0 Å². The van der Waals surface area contributed by atoms with E-state index < -0.39 is 0 Å². The van der Waals surface area contributed by atoms with Crippen molar-refractivity contribution in [3.05, 3.63) is 0 Å². The summed E-state index contributed by atoms with van der Waals surface area (Å²) in [5.41, 5.74) is 0.312. The van der Waals surface area contributed by atoms with Crippen molar-refractivity contribution in [1.82, 2.24) is 10.2 Å². The van der Waals surface area contributed by atoms with E-state index in [0.29, 0.717) is 29.5 Å². The van der Waals surface area contributed by atoms with E-state index in [1.54, 1.807) is 0 Å². The topological polar surface area (TPSA) is 24.5 Å². The Hall–Kier alpha value is -0.120. The predicted molar refractivity (Wildman–Crippen MR) is 82.5 cm³/mol. The van der Waals surface area contributed by atoms with Crippen molar-refractivity contribution >= 4 is 0 Å². The van der Waals surface area contributed by atoms with Crippen LogP contribution in [0.5, 0.6) is 0 Å². The molecule has 0 bridgehead atoms. The summed E-state index contributed by atoms with van der Waals surface area (Å²) < 4.78 is 5.74. The van der Waals surface area contributed by atoms with Crippen molar-refractivity contribution < 1.29 is 4.74 Å². The van der Waals surface area contributed by atoms with Crippen molar-refractivity contribution in [2.75, 3.05) is 26.2 Å². The molecule has 0 spiro atoms. The highest BCUT2D eigenvalue weighted by molar-refractivity contribution is 4.93. The van der Waals surface area contributed by atoms with Gasteiger partial charge in [-0.25, -0.2) is 0 Å². The Kier molecular flexibility index (Phi) is 6.28. The number of nitrogens with one attached hydrogen (secondary N) is 1. The number of piperazine rings is 1. The molecule has 2 unspecified atom stereocenters. The van der Waals surface area contributed by atoms with Gasteiger partial charge in [-0.15, -0.1) is 0 Å². The fraction of sp³-hybridized carbons (Fsp3) is 1.00. The number of hydrogen-bond donors (Lipinski definition) is 1. The van der Waals surface area contributed by atoms with Crippen LogP contribution in [-0.2, 0) is 4.74 Å². The number of nitrogens with zero attached hydrogens (tertiary/aromatic N) is 1. The molecular formula is C16H34N2O. The molecule has 1 saturated heterocycles. The maximum absolute atomic E-state index is 5.74. The van der Waals surface area contributed by atoms with Gasteiger partial charge in [0, 0.05) is 31.7 Å². The van der Waals surface area contributed by atoms with Gasteiger partial charge in [0.15, 0.2) is 0 Å². The zero-order valence-electron chi connectivity index (χ0n) is 14.0. The first-order valence-electron chi connectivity index (χ1n) is 7.81. The average molecular weight is 270 g/mol. The Morgan fingerprint density at radius 3 is 2.32 bits per heavy atom. The van der Waals surface area contributed by atoms with Crippen molar-refractivity contribution in [2.45, 2.75) is 66.7 Å². The van der Waals surface area contributed by atoms with E-state index in [0.717, 1.165) is 26.2 Å². The summed E-state index contributed by atoms with van der Waals surface area (Å²) >= 11 is 0. The number of hydrogen-bond acceptors (Lipinski definition) is 3. The van der Waals surface area contributed by atoms with Gasteiger partial charge in [-0.2, -0.15) is 0 Å². The lowest BCUT2D eigenvalue weighted by molar-refractivity contribution is 0.00475. The molecule has 0 aromatic rings. The highest BCUT2D eigenvalue weighted by Crippen LogP contribution is 2.27. The number of rotatable bonds is 5. The molecule has 1 aliphatic rings. The molecule has 0 saturated carbocycles. The molecule has 3 heteroatoms. The van der Waals surface area contributed by atoms with E-state index in [2.05, 4.69) is 58.7 Å². The lowest BCUT2D eigenvalue weighted by Crippen LogP contribution is -2.62. The summed E-state index contributed by atoms with van der Waals surface area (Å²) in [6.45, 7) is 20.0. The summed E-state index contributed by atoms with van der Waals surface area (Å²) in [6, 6.07) is 1.20. The Labute approximate surface area is 120 Å². The molecule has 19 heavy (non-hydrogen) atoms. The molecule has 0 radical (unpaired) electrons. The second kappa shape index (κ2) is 7.05. The quantitative estimate of drug-likeness (QED) is 0.831. The van der Waals surface area contributed by atoms with Crippen LogP contribution in [0.4, 0.5) is 0 Å². The second-order valence-corrected chi connectivity index (χ2v) is 7.56. The Balaban J connectivity index is 2.60. The van der Waals surface area contributed by atoms with E-state index >= 15 is 0 Å². The molecule has 1 N–H and O–H groups in total. The van der Waals surface area contributed by atoms with Crippen LogP contribution in [0.25, 0.3) is 0 Å². The molecule has 2 atom stereocenters. The van der Waals surface area contributed by atoms with Crippen LogP contribution in [0.3, 0.4) is 0 Å². The van der Waals surface area contributed by atoms with E-state index in [1.807, 2.05) is 0 Å². The van der Waals surface area contributed by atoms with Gasteiger partial charge in [-0.3, -0.25) is 4.90 Å². The maximum Gasteiger partial charge on any atom is 0.0597 e. The predicted octanol–water partition coefficient (Wildman–Crippen LogP) is 2.76. The Morgan fingerprint density at radius 2 is 1.84 bits per heavy atom. The highest BCUT2D eigenvalue weighted by atomic mass is 16.5. The molecule has 114 valence electrons. The molecule has 0 aromatic carbocycles. The fourth-order valence-corrected chi connectivity index (χ4v) is 2.79. The Morgan fingerprint density at radius 1 is 1.21 bits per heavy atom. The maximum atomic E-state index is 5.74. The average Bonchev–Trinajstić information content (AvgIpc) is 2.26. The fourth-order valence-electron chi connectivity index (χ4n) is 2.79. The van der Waals surface area contributed by atoms with Crippen LogP contribution in [0.1, 0.15) is 48.5 Å². The molecule has 0 aromatic heterocycles. The van der Waals surface area contributed by atoms with Gasteiger partial charge in [0.1, 0.15) is 0 Å². The van der Waals surface area contributed by atoms with Crippen LogP contribution in [0, 0.1) is 11.3 Å². The third-order valence-corrected chi connectivity index (χ3v) is 4.08. The second-order valence-electron chi connectivity index (χ2n) is 7.56. The van der Waals surface area contributed by atoms with Crippen LogP contribution >= 0.6 is 0 Å². The normalized spacial score (nSPS) is 26.4. The van der Waals surface area contributed by atoms with Crippen molar-refractivity contribution in [3.8, 4) is 0 Å². The first kappa shape index (κ1) is 16.9. The van der Waals surface area contributed by atoms with Crippen LogP contribution < -0.4 is 5.32 Å². The summed E-state index contributed by atoms with van der Waals surface area (Å²) in [6.07, 6.45) is 0.330. The van der Waals surface area contributed by atoms with Crippen LogP contribution in [-0.4, -0.2) is 49.3 Å². The van der Waals surface area contributed by atoms with Crippen LogP contribution in [0.15, 0.2) is 0 Å². The minimum absolute atomic E-state index is 0.312. The van der Waals surface area contributed by atoms with Gasteiger partial charge < -0.3 is 10.1 Å². The monoisotopic (exact) mass is 270 g/mol. The number of ether oxygens (including phenoxy) is 1. The standard InChI is InChI=1S/C16H34N2O/c1-12(2)14-11-18(8-9-19-13(3)4)15(10-17-14)16(5,6)7/h12-15,17H,8-11H2,1-7H3. The van der Waals surface area contributed by atoms with E-state index in [9.17, 15) is 0 Å². The molecule has 3 nitrogen and oxygen atoms in total. The lowest BCUT2D eigenvalue weighted by atomic mass is 9.83. The van der Waals surface area contributed by atoms with Crippen molar-refractivity contribution in [2.24, 2.45) is 11.3 Å². The lowest BCUT2D eigenvalue weighted by Gasteiger charge is -2.47. The molecular weight excluding hydrogens is 236 g/mol. The molecule has 1 aliphatic heterocycles. The van der Waals surface area contributed by atoms with Gasteiger partial charge in [0.2, 0.25) is 0 Å². The minimum atomic E-state index is 0.312. The van der Waals surface area contributed by atoms with Gasteiger partial charge in [-0.05, 0) is 25.2 Å². The van der Waals surface area contributed by atoms with E-state index in [4.69, 9.17) is 4.74 Å². The Bertz CT molecular complexity index is 258. The van der Waals surface area contributed by atoms with Crippen molar-refractivity contribution in [1.29, 1.82) is 0 Å². The molecule has 1 heterocycles. The summed E-state index contributed by atoms with van der Waals surface area (Å²) in [5.74, 6) is 0.689. The zero-order valence-corrected chi connectivity index (χ0v) is 14.0.